The Balaban J connectivity index is 2.92. The molecule has 0 nitrogen and oxygen atoms in total. The van der Waals surface area contributed by atoms with Gasteiger partial charge in [0.1, 0.15) is 0 Å². The fourth-order valence-electron chi connectivity index (χ4n) is 1.14. The van der Waals surface area contributed by atoms with Gasteiger partial charge in [-0.3, -0.25) is 0 Å². The van der Waals surface area contributed by atoms with Gasteiger partial charge in [0.15, 0.2) is 0 Å². The minimum absolute atomic E-state index is 0.350. The lowest BCUT2D eigenvalue weighted by molar-refractivity contribution is -0.196. The van der Waals surface area contributed by atoms with E-state index in [1.54, 1.807) is 12.2 Å². The molecule has 1 radical (unpaired) electrons. The van der Waals surface area contributed by atoms with E-state index in [2.05, 4.69) is 0 Å². The van der Waals surface area contributed by atoms with E-state index in [9.17, 15) is 13.2 Å². The second-order valence-corrected chi connectivity index (χ2v) is 3.61. The van der Waals surface area contributed by atoms with Crippen molar-refractivity contribution >= 4 is 0 Å². The topological polar surface area (TPSA) is 0 Å². The lowest BCUT2D eigenvalue weighted by Gasteiger charge is -2.30. The number of hydrogen-bond acceptors (Lipinski definition) is 0. The summed E-state index contributed by atoms with van der Waals surface area (Å²) in [5.74, 6) is 0. The molecule has 0 aromatic rings. The largest absolute Gasteiger partial charge is 0.397 e. The molecule has 1 rings (SSSR count). The van der Waals surface area contributed by atoms with Crippen LogP contribution in [0.2, 0.25) is 0 Å². The van der Waals surface area contributed by atoms with Gasteiger partial charge in [-0.15, -0.1) is 0 Å². The van der Waals surface area contributed by atoms with Crippen LogP contribution >= 0.6 is 0 Å². The molecule has 0 aromatic carbocycles. The summed E-state index contributed by atoms with van der Waals surface area (Å²) >= 11 is 0. The Bertz CT molecular complexity index is 243. The van der Waals surface area contributed by atoms with Crippen LogP contribution in [0.15, 0.2) is 23.8 Å². The number of halogens is 3. The highest BCUT2D eigenvalue weighted by Gasteiger charge is 2.48. The minimum atomic E-state index is -4.18. The summed E-state index contributed by atoms with van der Waals surface area (Å²) in [6.45, 7) is 2.41. The van der Waals surface area contributed by atoms with Gasteiger partial charge >= 0.3 is 6.18 Å². The molecule has 1 aliphatic carbocycles. The highest BCUT2D eigenvalue weighted by molar-refractivity contribution is 5.32. The Kier molecular flexibility index (Phi) is 2.55. The molecule has 13 heavy (non-hydrogen) atoms. The van der Waals surface area contributed by atoms with Crippen molar-refractivity contribution in [3.63, 3.8) is 0 Å². The van der Waals surface area contributed by atoms with Crippen molar-refractivity contribution < 1.29 is 13.2 Å². The first-order valence-corrected chi connectivity index (χ1v) is 4.13. The highest BCUT2D eigenvalue weighted by Crippen LogP contribution is 2.44. The molecule has 73 valence electrons. The van der Waals surface area contributed by atoms with Crippen LogP contribution in [0.3, 0.4) is 0 Å². The second kappa shape index (κ2) is 3.20. The van der Waals surface area contributed by atoms with Crippen LogP contribution in [0.25, 0.3) is 0 Å². The van der Waals surface area contributed by atoms with Gasteiger partial charge in [-0.25, -0.2) is 0 Å². The second-order valence-electron chi connectivity index (χ2n) is 3.61. The summed E-state index contributed by atoms with van der Waals surface area (Å²) < 4.78 is 37.6. The predicted octanol–water partition coefficient (Wildman–Crippen LogP) is 3.67. The number of hydrogen-bond donors (Lipinski definition) is 0. The molecule has 0 aliphatic heterocycles. The molecule has 0 saturated heterocycles. The standard InChI is InChI=1S/C10H12F3/c1-9(2,10(11,12)13)8-6-4-3-5-7-8/h3-4,6-7H,5H2,1-2H3. The Labute approximate surface area is 76.1 Å². The Morgan fingerprint density at radius 3 is 2.23 bits per heavy atom. The lowest BCUT2D eigenvalue weighted by Crippen LogP contribution is -2.33. The van der Waals surface area contributed by atoms with Gasteiger partial charge in [0, 0.05) is 0 Å². The van der Waals surface area contributed by atoms with E-state index >= 15 is 0 Å². The molecule has 0 spiro atoms. The molecule has 0 saturated carbocycles. The van der Waals surface area contributed by atoms with E-state index in [-0.39, 0.29) is 0 Å². The first-order chi connectivity index (χ1) is 5.86. The third kappa shape index (κ3) is 1.95. The van der Waals surface area contributed by atoms with Crippen molar-refractivity contribution in [3.05, 3.63) is 30.2 Å². The normalized spacial score (nSPS) is 18.7. The van der Waals surface area contributed by atoms with Crippen molar-refractivity contribution in [1.82, 2.24) is 0 Å². The van der Waals surface area contributed by atoms with Gasteiger partial charge in [0.25, 0.3) is 0 Å². The first-order valence-electron chi connectivity index (χ1n) is 4.13. The van der Waals surface area contributed by atoms with Crippen LogP contribution in [0, 0.1) is 11.8 Å². The SMILES string of the molecule is CC(C)(C1=CC[CH]C=C1)C(F)(F)F. The van der Waals surface area contributed by atoms with Gasteiger partial charge < -0.3 is 0 Å². The van der Waals surface area contributed by atoms with Crippen LogP contribution in [-0.4, -0.2) is 6.18 Å². The van der Waals surface area contributed by atoms with Crippen LogP contribution in [0.1, 0.15) is 20.3 Å². The van der Waals surface area contributed by atoms with Crippen molar-refractivity contribution in [1.29, 1.82) is 0 Å². The molecule has 1 aliphatic rings. The fourth-order valence-corrected chi connectivity index (χ4v) is 1.14. The molecule has 0 bridgehead atoms. The molecular formula is C10H12F3. The predicted molar refractivity (Wildman–Crippen MR) is 46.0 cm³/mol. The molecule has 0 N–H and O–H groups in total. The van der Waals surface area contributed by atoms with Crippen molar-refractivity contribution in [3.8, 4) is 0 Å². The van der Waals surface area contributed by atoms with Gasteiger partial charge in [0.05, 0.1) is 5.41 Å². The molecular weight excluding hydrogens is 177 g/mol. The van der Waals surface area contributed by atoms with Crippen LogP contribution in [0.4, 0.5) is 13.2 Å². The van der Waals surface area contributed by atoms with Gasteiger partial charge in [-0.2, -0.15) is 13.2 Å². The molecule has 3 heteroatoms. The Hall–Kier alpha value is -0.730. The zero-order valence-corrected chi connectivity index (χ0v) is 7.65. The Morgan fingerprint density at radius 2 is 1.85 bits per heavy atom. The number of alkyl halides is 3. The van der Waals surface area contributed by atoms with E-state index in [4.69, 9.17) is 0 Å². The maximum Gasteiger partial charge on any atom is 0.397 e. The third-order valence-corrected chi connectivity index (χ3v) is 2.32. The average molecular weight is 189 g/mol. The molecule has 0 heterocycles. The highest BCUT2D eigenvalue weighted by atomic mass is 19.4. The van der Waals surface area contributed by atoms with Crippen LogP contribution in [0.5, 0.6) is 0 Å². The van der Waals surface area contributed by atoms with Crippen molar-refractivity contribution in [2.24, 2.45) is 5.41 Å². The zero-order valence-electron chi connectivity index (χ0n) is 7.65. The molecule has 0 amide bonds. The summed E-state index contributed by atoms with van der Waals surface area (Å²) in [6.07, 6.45) is 3.05. The van der Waals surface area contributed by atoms with E-state index in [0.29, 0.717) is 12.0 Å². The molecule has 0 atom stereocenters. The maximum atomic E-state index is 12.5. The summed E-state index contributed by atoms with van der Waals surface area (Å²) in [6, 6.07) is 0. The molecule has 0 aromatic heterocycles. The summed E-state index contributed by atoms with van der Waals surface area (Å²) in [5, 5.41) is 0. The van der Waals surface area contributed by atoms with E-state index in [0.717, 1.165) is 0 Å². The summed E-state index contributed by atoms with van der Waals surface area (Å²) in [4.78, 5) is 0. The van der Waals surface area contributed by atoms with Gasteiger partial charge in [0.2, 0.25) is 0 Å². The van der Waals surface area contributed by atoms with Crippen LogP contribution in [-0.2, 0) is 0 Å². The van der Waals surface area contributed by atoms with Gasteiger partial charge in [-0.05, 0) is 32.3 Å². The van der Waals surface area contributed by atoms with Crippen molar-refractivity contribution in [2.75, 3.05) is 0 Å². The van der Waals surface area contributed by atoms with E-state index in [1.165, 1.54) is 19.9 Å². The number of allylic oxidation sites excluding steroid dienone is 4. The fraction of sp³-hybridized carbons (Fsp3) is 0.500. The maximum absolute atomic E-state index is 12.5. The average Bonchev–Trinajstić information content (AvgIpc) is 2.04. The Morgan fingerprint density at radius 1 is 1.23 bits per heavy atom. The lowest BCUT2D eigenvalue weighted by atomic mass is 9.81. The van der Waals surface area contributed by atoms with Crippen molar-refractivity contribution in [2.45, 2.75) is 26.4 Å². The molecule has 0 unspecified atom stereocenters. The zero-order chi connectivity index (χ0) is 10.1. The number of rotatable bonds is 1. The quantitative estimate of drug-likeness (QED) is 0.590. The minimum Gasteiger partial charge on any atom is -0.170 e. The van der Waals surface area contributed by atoms with Gasteiger partial charge in [-0.1, -0.05) is 18.2 Å². The van der Waals surface area contributed by atoms with E-state index in [1.807, 2.05) is 6.42 Å². The monoisotopic (exact) mass is 189 g/mol. The van der Waals surface area contributed by atoms with Crippen LogP contribution < -0.4 is 0 Å². The van der Waals surface area contributed by atoms with E-state index < -0.39 is 11.6 Å². The first kappa shape index (κ1) is 10.4. The molecule has 0 fully saturated rings. The smallest absolute Gasteiger partial charge is 0.170 e. The third-order valence-electron chi connectivity index (χ3n) is 2.32. The summed E-state index contributed by atoms with van der Waals surface area (Å²) in [7, 11) is 0. The summed E-state index contributed by atoms with van der Waals surface area (Å²) in [5.41, 5.74) is -1.39.